The summed E-state index contributed by atoms with van der Waals surface area (Å²) in [6.07, 6.45) is 0.950. The average Bonchev–Trinajstić information content (AvgIpc) is 2.40. The molecular formula is C16H27NO2. The van der Waals surface area contributed by atoms with Gasteiger partial charge in [-0.3, -0.25) is 0 Å². The largest absolute Gasteiger partial charge is 0.494 e. The molecule has 1 aromatic carbocycles. The standard InChI is InChI=1S/C16H27NO2/c1-6-16(4,19-8-3)15(17-5)13-10-9-11-14(12-13)18-7-2/h9-12,15,17H,6-8H2,1-5H3. The van der Waals surface area contributed by atoms with Gasteiger partial charge in [0.25, 0.3) is 0 Å². The molecule has 0 amide bonds. The van der Waals surface area contributed by atoms with E-state index >= 15 is 0 Å². The molecule has 0 saturated carbocycles. The predicted octanol–water partition coefficient (Wildman–Crippen LogP) is 3.55. The fourth-order valence-electron chi connectivity index (χ4n) is 2.49. The molecule has 1 N–H and O–H groups in total. The molecule has 0 radical (unpaired) electrons. The molecule has 2 unspecified atom stereocenters. The quantitative estimate of drug-likeness (QED) is 0.779. The lowest BCUT2D eigenvalue weighted by molar-refractivity contribution is -0.0547. The Morgan fingerprint density at radius 3 is 2.47 bits per heavy atom. The summed E-state index contributed by atoms with van der Waals surface area (Å²) in [7, 11) is 1.98. The Bertz CT molecular complexity index is 381. The summed E-state index contributed by atoms with van der Waals surface area (Å²) in [6.45, 7) is 9.76. The van der Waals surface area contributed by atoms with Gasteiger partial charge in [-0.15, -0.1) is 0 Å². The summed E-state index contributed by atoms with van der Waals surface area (Å²) in [6, 6.07) is 8.39. The zero-order valence-electron chi connectivity index (χ0n) is 12.8. The third-order valence-electron chi connectivity index (χ3n) is 3.58. The molecule has 0 heterocycles. The van der Waals surface area contributed by atoms with Crippen molar-refractivity contribution >= 4 is 0 Å². The number of hydrogen-bond acceptors (Lipinski definition) is 3. The molecular weight excluding hydrogens is 238 g/mol. The van der Waals surface area contributed by atoms with Crippen LogP contribution in [0.4, 0.5) is 0 Å². The maximum absolute atomic E-state index is 5.98. The molecule has 1 rings (SSSR count). The van der Waals surface area contributed by atoms with E-state index < -0.39 is 0 Å². The first-order valence-corrected chi connectivity index (χ1v) is 7.15. The van der Waals surface area contributed by atoms with E-state index in [2.05, 4.69) is 31.3 Å². The molecule has 3 heteroatoms. The van der Waals surface area contributed by atoms with E-state index in [4.69, 9.17) is 9.47 Å². The lowest BCUT2D eigenvalue weighted by Crippen LogP contribution is -2.42. The van der Waals surface area contributed by atoms with Gasteiger partial charge < -0.3 is 14.8 Å². The van der Waals surface area contributed by atoms with Gasteiger partial charge in [0.2, 0.25) is 0 Å². The first-order chi connectivity index (χ1) is 9.11. The van der Waals surface area contributed by atoms with Crippen molar-refractivity contribution in [1.82, 2.24) is 5.32 Å². The molecule has 0 fully saturated rings. The van der Waals surface area contributed by atoms with Crippen LogP contribution in [0, 0.1) is 0 Å². The summed E-state index contributed by atoms with van der Waals surface area (Å²) in [5, 5.41) is 3.38. The van der Waals surface area contributed by atoms with Gasteiger partial charge in [0.1, 0.15) is 5.75 Å². The van der Waals surface area contributed by atoms with E-state index in [1.165, 1.54) is 5.56 Å². The minimum atomic E-state index is -0.214. The Kier molecular flexibility index (Phi) is 6.32. The van der Waals surface area contributed by atoms with E-state index in [1.807, 2.05) is 33.0 Å². The van der Waals surface area contributed by atoms with Crippen molar-refractivity contribution in [3.63, 3.8) is 0 Å². The first-order valence-electron chi connectivity index (χ1n) is 7.15. The summed E-state index contributed by atoms with van der Waals surface area (Å²) >= 11 is 0. The van der Waals surface area contributed by atoms with Gasteiger partial charge in [0.05, 0.1) is 18.2 Å². The second-order valence-electron chi connectivity index (χ2n) is 4.83. The van der Waals surface area contributed by atoms with Gasteiger partial charge in [-0.25, -0.2) is 0 Å². The number of ether oxygens (including phenoxy) is 2. The van der Waals surface area contributed by atoms with Crippen LogP contribution in [0.3, 0.4) is 0 Å². The van der Waals surface area contributed by atoms with E-state index in [0.717, 1.165) is 12.2 Å². The molecule has 108 valence electrons. The molecule has 19 heavy (non-hydrogen) atoms. The zero-order chi connectivity index (χ0) is 14.3. The lowest BCUT2D eigenvalue weighted by Gasteiger charge is -2.37. The Labute approximate surface area is 117 Å². The van der Waals surface area contributed by atoms with Crippen molar-refractivity contribution in [2.24, 2.45) is 0 Å². The fraction of sp³-hybridized carbons (Fsp3) is 0.625. The zero-order valence-corrected chi connectivity index (χ0v) is 12.8. The van der Waals surface area contributed by atoms with Crippen molar-refractivity contribution < 1.29 is 9.47 Å². The summed E-state index contributed by atoms with van der Waals surface area (Å²) in [4.78, 5) is 0. The molecule has 1 aromatic rings. The number of hydrogen-bond donors (Lipinski definition) is 1. The van der Waals surface area contributed by atoms with Crippen LogP contribution in [0.2, 0.25) is 0 Å². The van der Waals surface area contributed by atoms with E-state index in [1.54, 1.807) is 0 Å². The van der Waals surface area contributed by atoms with Crippen LogP contribution in [0.1, 0.15) is 45.7 Å². The SMILES string of the molecule is CCOc1cccc(C(NC)C(C)(CC)OCC)c1. The van der Waals surface area contributed by atoms with Crippen LogP contribution in [0.5, 0.6) is 5.75 Å². The van der Waals surface area contributed by atoms with Crippen LogP contribution >= 0.6 is 0 Å². The maximum Gasteiger partial charge on any atom is 0.119 e. The van der Waals surface area contributed by atoms with Crippen LogP contribution in [-0.2, 0) is 4.74 Å². The van der Waals surface area contributed by atoms with Crippen molar-refractivity contribution in [2.75, 3.05) is 20.3 Å². The highest BCUT2D eigenvalue weighted by molar-refractivity contribution is 5.32. The molecule has 0 aliphatic rings. The Hall–Kier alpha value is -1.06. The molecule has 0 saturated heterocycles. The minimum Gasteiger partial charge on any atom is -0.494 e. The highest BCUT2D eigenvalue weighted by atomic mass is 16.5. The average molecular weight is 265 g/mol. The van der Waals surface area contributed by atoms with Crippen LogP contribution in [0.15, 0.2) is 24.3 Å². The molecule has 0 aliphatic heterocycles. The smallest absolute Gasteiger partial charge is 0.119 e. The molecule has 0 bridgehead atoms. The van der Waals surface area contributed by atoms with Crippen molar-refractivity contribution in [2.45, 2.75) is 45.8 Å². The van der Waals surface area contributed by atoms with E-state index in [0.29, 0.717) is 13.2 Å². The monoisotopic (exact) mass is 265 g/mol. The van der Waals surface area contributed by atoms with Crippen molar-refractivity contribution in [3.05, 3.63) is 29.8 Å². The summed E-state index contributed by atoms with van der Waals surface area (Å²) in [5.74, 6) is 0.912. The Morgan fingerprint density at radius 2 is 1.95 bits per heavy atom. The maximum atomic E-state index is 5.98. The van der Waals surface area contributed by atoms with Gasteiger partial charge in [-0.05, 0) is 51.9 Å². The normalized spacial score (nSPS) is 15.8. The second kappa shape index (κ2) is 7.51. The van der Waals surface area contributed by atoms with E-state index in [9.17, 15) is 0 Å². The number of likely N-dealkylation sites (N-methyl/N-ethyl adjacent to an activating group) is 1. The summed E-state index contributed by atoms with van der Waals surface area (Å²) < 4.78 is 11.6. The van der Waals surface area contributed by atoms with Crippen LogP contribution < -0.4 is 10.1 Å². The van der Waals surface area contributed by atoms with Crippen molar-refractivity contribution in [1.29, 1.82) is 0 Å². The van der Waals surface area contributed by atoms with Gasteiger partial charge in [-0.1, -0.05) is 19.1 Å². The Morgan fingerprint density at radius 1 is 1.21 bits per heavy atom. The second-order valence-corrected chi connectivity index (χ2v) is 4.83. The molecule has 0 spiro atoms. The minimum absolute atomic E-state index is 0.151. The van der Waals surface area contributed by atoms with Crippen molar-refractivity contribution in [3.8, 4) is 5.75 Å². The van der Waals surface area contributed by atoms with E-state index in [-0.39, 0.29) is 11.6 Å². The third kappa shape index (κ3) is 3.95. The fourth-order valence-corrected chi connectivity index (χ4v) is 2.49. The third-order valence-corrected chi connectivity index (χ3v) is 3.58. The Balaban J connectivity index is 3.04. The predicted molar refractivity (Wildman–Crippen MR) is 79.7 cm³/mol. The number of benzene rings is 1. The molecule has 3 nitrogen and oxygen atoms in total. The van der Waals surface area contributed by atoms with Gasteiger partial charge in [-0.2, -0.15) is 0 Å². The molecule has 2 atom stereocenters. The van der Waals surface area contributed by atoms with Gasteiger partial charge in [0.15, 0.2) is 0 Å². The topological polar surface area (TPSA) is 30.5 Å². The highest BCUT2D eigenvalue weighted by Crippen LogP contribution is 2.33. The van der Waals surface area contributed by atoms with Gasteiger partial charge in [0, 0.05) is 6.61 Å². The number of rotatable bonds is 8. The lowest BCUT2D eigenvalue weighted by atomic mass is 9.87. The molecule has 0 aromatic heterocycles. The van der Waals surface area contributed by atoms with Crippen LogP contribution in [-0.4, -0.2) is 25.9 Å². The first kappa shape index (κ1) is 16.0. The molecule has 0 aliphatic carbocycles. The van der Waals surface area contributed by atoms with Crippen LogP contribution in [0.25, 0.3) is 0 Å². The number of nitrogens with one attached hydrogen (secondary N) is 1. The highest BCUT2D eigenvalue weighted by Gasteiger charge is 2.33. The summed E-state index contributed by atoms with van der Waals surface area (Å²) in [5.41, 5.74) is 0.986. The van der Waals surface area contributed by atoms with Gasteiger partial charge >= 0.3 is 0 Å².